The lowest BCUT2D eigenvalue weighted by Crippen LogP contribution is -2.29. The molecule has 4 nitrogen and oxygen atoms in total. The van der Waals surface area contributed by atoms with Gasteiger partial charge in [-0.05, 0) is 102 Å². The van der Waals surface area contributed by atoms with Gasteiger partial charge >= 0.3 is 0 Å². The predicted molar refractivity (Wildman–Crippen MR) is 145 cm³/mol. The Morgan fingerprint density at radius 3 is 2.36 bits per heavy atom. The molecule has 1 N–H and O–H groups in total. The van der Waals surface area contributed by atoms with E-state index in [0.29, 0.717) is 5.11 Å². The molecule has 0 spiro atoms. The minimum absolute atomic E-state index is 0.0454. The average molecular weight is 582 g/mol. The lowest BCUT2D eigenvalue weighted by Gasteiger charge is -2.28. The van der Waals surface area contributed by atoms with Crippen molar-refractivity contribution in [2.24, 2.45) is 0 Å². The third kappa shape index (κ3) is 4.03. The van der Waals surface area contributed by atoms with Gasteiger partial charge in [-0.2, -0.15) is 0 Å². The Hall–Kier alpha value is -2.48. The zero-order chi connectivity index (χ0) is 23.1. The van der Waals surface area contributed by atoms with Gasteiger partial charge in [-0.1, -0.05) is 34.1 Å². The van der Waals surface area contributed by atoms with Gasteiger partial charge in [0.2, 0.25) is 0 Å². The third-order valence-electron chi connectivity index (χ3n) is 6.09. The largest absolute Gasteiger partial charge is 0.351 e. The Morgan fingerprint density at radius 1 is 0.939 bits per heavy atom. The Bertz CT molecular complexity index is 1320. The first kappa shape index (κ1) is 22.3. The zero-order valence-electron chi connectivity index (χ0n) is 18.2. The van der Waals surface area contributed by atoms with Crippen LogP contribution in [0.3, 0.4) is 0 Å². The van der Waals surface area contributed by atoms with Crippen LogP contribution in [0.25, 0.3) is 5.69 Å². The van der Waals surface area contributed by atoms with Gasteiger partial charge in [0.15, 0.2) is 5.11 Å². The summed E-state index contributed by atoms with van der Waals surface area (Å²) < 4.78 is 4.40. The van der Waals surface area contributed by atoms with Gasteiger partial charge in [-0.3, -0.25) is 4.98 Å². The highest BCUT2D eigenvalue weighted by molar-refractivity contribution is 9.10. The van der Waals surface area contributed by atoms with Crippen molar-refractivity contribution in [2.45, 2.75) is 25.9 Å². The lowest BCUT2D eigenvalue weighted by molar-refractivity contribution is 0.565. The molecule has 0 amide bonds. The summed E-state index contributed by atoms with van der Waals surface area (Å²) >= 11 is 13.1. The number of para-hydroxylation sites is 1. The minimum atomic E-state index is -0.0736. The van der Waals surface area contributed by atoms with E-state index in [1.807, 2.05) is 36.5 Å². The highest BCUT2D eigenvalue weighted by Gasteiger charge is 2.42. The molecule has 1 aliphatic heterocycles. The van der Waals surface area contributed by atoms with Crippen molar-refractivity contribution in [3.63, 3.8) is 0 Å². The van der Waals surface area contributed by atoms with Gasteiger partial charge < -0.3 is 14.8 Å². The second-order valence-corrected chi connectivity index (χ2v) is 10.2. The number of hydrogen-bond acceptors (Lipinski definition) is 2. The summed E-state index contributed by atoms with van der Waals surface area (Å²) in [6.07, 6.45) is 1.84. The molecule has 0 saturated carbocycles. The van der Waals surface area contributed by atoms with E-state index in [2.05, 4.69) is 108 Å². The van der Waals surface area contributed by atoms with E-state index in [1.165, 1.54) is 17.0 Å². The second-order valence-electron chi connectivity index (χ2n) is 8.09. The minimum Gasteiger partial charge on any atom is -0.351 e. The van der Waals surface area contributed by atoms with Crippen LogP contribution in [0.5, 0.6) is 0 Å². The number of nitrogens with zero attached hydrogens (tertiary/aromatic N) is 3. The summed E-state index contributed by atoms with van der Waals surface area (Å²) in [5, 5.41) is 4.25. The number of thiocarbonyl (C=S) groups is 1. The fraction of sp³-hybridized carbons (Fsp3) is 0.154. The molecular formula is C26H22Br2N4S. The van der Waals surface area contributed by atoms with Gasteiger partial charge in [-0.15, -0.1) is 0 Å². The smallest absolute Gasteiger partial charge is 0.174 e. The Balaban J connectivity index is 1.69. The topological polar surface area (TPSA) is 33.1 Å². The van der Waals surface area contributed by atoms with Gasteiger partial charge in [0.1, 0.15) is 0 Å². The van der Waals surface area contributed by atoms with Gasteiger partial charge in [0.05, 0.1) is 23.5 Å². The molecule has 1 saturated heterocycles. The quantitative estimate of drug-likeness (QED) is 0.259. The van der Waals surface area contributed by atoms with Crippen LogP contribution in [0.2, 0.25) is 0 Å². The van der Waals surface area contributed by atoms with Crippen LogP contribution in [0.4, 0.5) is 5.69 Å². The maximum atomic E-state index is 5.87. The molecule has 1 fully saturated rings. The van der Waals surface area contributed by atoms with Crippen LogP contribution < -0.4 is 10.2 Å². The third-order valence-corrected chi connectivity index (χ3v) is 7.60. The molecule has 2 aromatic carbocycles. The van der Waals surface area contributed by atoms with Crippen molar-refractivity contribution in [3.05, 3.63) is 111 Å². The Kier molecular flexibility index (Phi) is 6.12. The average Bonchev–Trinajstić information content (AvgIpc) is 3.31. The maximum Gasteiger partial charge on any atom is 0.174 e. The van der Waals surface area contributed by atoms with Crippen molar-refractivity contribution in [2.75, 3.05) is 4.90 Å². The summed E-state index contributed by atoms with van der Waals surface area (Å²) in [6, 6.07) is 24.8. The molecule has 0 bridgehead atoms. The van der Waals surface area contributed by atoms with Crippen LogP contribution in [0.1, 0.15) is 34.7 Å². The molecule has 7 heteroatoms. The fourth-order valence-electron chi connectivity index (χ4n) is 4.64. The van der Waals surface area contributed by atoms with Crippen molar-refractivity contribution in [1.29, 1.82) is 0 Å². The van der Waals surface area contributed by atoms with E-state index in [1.54, 1.807) is 0 Å². The molecule has 2 atom stereocenters. The van der Waals surface area contributed by atoms with Crippen molar-refractivity contribution in [3.8, 4) is 5.69 Å². The SMILES string of the molecule is Cc1cc(C2C(c3ccccn3)NC(=S)N2c2ccc(Br)cc2)c(C)n1-c1ccccc1Br. The van der Waals surface area contributed by atoms with Crippen LogP contribution >= 0.6 is 44.1 Å². The second kappa shape index (κ2) is 9.05. The van der Waals surface area contributed by atoms with E-state index in [4.69, 9.17) is 12.2 Å². The van der Waals surface area contributed by atoms with Crippen molar-refractivity contribution < 1.29 is 0 Å². The number of anilines is 1. The molecule has 0 radical (unpaired) electrons. The van der Waals surface area contributed by atoms with E-state index in [0.717, 1.165) is 26.0 Å². The van der Waals surface area contributed by atoms with Gasteiger partial charge in [0.25, 0.3) is 0 Å². The Morgan fingerprint density at radius 2 is 1.67 bits per heavy atom. The number of pyridine rings is 1. The molecule has 0 aliphatic carbocycles. The maximum absolute atomic E-state index is 5.87. The predicted octanol–water partition coefficient (Wildman–Crippen LogP) is 7.19. The molecule has 166 valence electrons. The first-order valence-corrected chi connectivity index (χ1v) is 12.6. The van der Waals surface area contributed by atoms with Gasteiger partial charge in [-0.25, -0.2) is 0 Å². The lowest BCUT2D eigenvalue weighted by atomic mass is 9.96. The monoisotopic (exact) mass is 580 g/mol. The normalized spacial score (nSPS) is 17.9. The molecule has 33 heavy (non-hydrogen) atoms. The van der Waals surface area contributed by atoms with Crippen molar-refractivity contribution in [1.82, 2.24) is 14.9 Å². The van der Waals surface area contributed by atoms with E-state index >= 15 is 0 Å². The first-order chi connectivity index (χ1) is 16.0. The molecular weight excluding hydrogens is 560 g/mol. The number of aryl methyl sites for hydroxylation is 1. The number of aromatic nitrogens is 2. The molecule has 2 unspecified atom stereocenters. The van der Waals surface area contributed by atoms with E-state index in [-0.39, 0.29) is 12.1 Å². The van der Waals surface area contributed by atoms with Crippen LogP contribution in [0, 0.1) is 13.8 Å². The highest BCUT2D eigenvalue weighted by atomic mass is 79.9. The summed E-state index contributed by atoms with van der Waals surface area (Å²) in [5.74, 6) is 0. The first-order valence-electron chi connectivity index (χ1n) is 10.7. The molecule has 5 rings (SSSR count). The van der Waals surface area contributed by atoms with E-state index in [9.17, 15) is 0 Å². The summed E-state index contributed by atoms with van der Waals surface area (Å²) in [6.45, 7) is 4.33. The summed E-state index contributed by atoms with van der Waals surface area (Å²) in [5.41, 5.74) is 6.70. The molecule has 2 aromatic heterocycles. The summed E-state index contributed by atoms with van der Waals surface area (Å²) in [7, 11) is 0. The molecule has 3 heterocycles. The number of rotatable bonds is 4. The van der Waals surface area contributed by atoms with Crippen LogP contribution in [-0.4, -0.2) is 14.7 Å². The standard InChI is InChI=1S/C26H22Br2N4S/c1-16-15-20(17(2)31(16)23-9-4-3-7-21(23)28)25-24(22-8-5-6-14-29-22)30-26(33)32(25)19-12-10-18(27)11-13-19/h3-15,24-25H,1-2H3,(H,30,33). The highest BCUT2D eigenvalue weighted by Crippen LogP contribution is 2.44. The molecule has 1 aliphatic rings. The zero-order valence-corrected chi connectivity index (χ0v) is 22.2. The van der Waals surface area contributed by atoms with Crippen LogP contribution in [-0.2, 0) is 0 Å². The van der Waals surface area contributed by atoms with Crippen molar-refractivity contribution >= 4 is 54.9 Å². The van der Waals surface area contributed by atoms with Crippen LogP contribution in [0.15, 0.2) is 87.9 Å². The summed E-state index contributed by atoms with van der Waals surface area (Å²) in [4.78, 5) is 6.89. The fourth-order valence-corrected chi connectivity index (χ4v) is 5.71. The Labute approximate surface area is 215 Å². The number of nitrogens with one attached hydrogen (secondary N) is 1. The number of benzene rings is 2. The van der Waals surface area contributed by atoms with Gasteiger partial charge in [0, 0.05) is 32.2 Å². The molecule has 4 aromatic rings. The van der Waals surface area contributed by atoms with E-state index < -0.39 is 0 Å². The number of halogens is 2. The number of hydrogen-bond donors (Lipinski definition) is 1.